The molecule has 212 valence electrons. The Morgan fingerprint density at radius 1 is 0.675 bits per heavy atom. The summed E-state index contributed by atoms with van der Waals surface area (Å²) < 4.78 is 44.1. The van der Waals surface area contributed by atoms with E-state index in [0.717, 1.165) is 12.8 Å². The van der Waals surface area contributed by atoms with Crippen molar-refractivity contribution in [3.63, 3.8) is 0 Å². The fraction of sp³-hybridized carbons (Fsp3) is 0.483. The zero-order chi connectivity index (χ0) is 27.8. The molecule has 0 aliphatic carbocycles. The van der Waals surface area contributed by atoms with Gasteiger partial charge < -0.3 is 37.9 Å². The van der Waals surface area contributed by atoms with E-state index in [9.17, 15) is 14.4 Å². The normalized spacial score (nSPS) is 28.6. The molecule has 4 aliphatic heterocycles. The van der Waals surface area contributed by atoms with Gasteiger partial charge >= 0.3 is 18.1 Å². The van der Waals surface area contributed by atoms with Crippen LogP contribution in [0, 0.1) is 11.8 Å². The lowest BCUT2D eigenvalue weighted by molar-refractivity contribution is -0.0907. The van der Waals surface area contributed by atoms with Crippen molar-refractivity contribution in [1.82, 2.24) is 0 Å². The predicted molar refractivity (Wildman–Crippen MR) is 135 cm³/mol. The van der Waals surface area contributed by atoms with Crippen molar-refractivity contribution in [1.29, 1.82) is 0 Å². The third-order valence-corrected chi connectivity index (χ3v) is 8.13. The number of hydrogen-bond donors (Lipinski definition) is 0. The average molecular weight is 555 g/mol. The number of benzene rings is 2. The molecule has 0 spiro atoms. The molecule has 0 unspecified atom stereocenters. The summed E-state index contributed by atoms with van der Waals surface area (Å²) in [6.07, 6.45) is -0.0609. The van der Waals surface area contributed by atoms with Gasteiger partial charge in [0.15, 0.2) is 12.6 Å². The molecule has 4 heterocycles. The van der Waals surface area contributed by atoms with E-state index in [-0.39, 0.29) is 47.8 Å². The molecule has 0 amide bonds. The second kappa shape index (κ2) is 11.2. The van der Waals surface area contributed by atoms with E-state index in [1.165, 1.54) is 26.4 Å². The Morgan fingerprint density at radius 2 is 1.12 bits per heavy atom. The lowest BCUT2D eigenvalue weighted by atomic mass is 9.86. The molecule has 4 aliphatic rings. The Hall–Kier alpha value is -3.51. The highest BCUT2D eigenvalue weighted by molar-refractivity contribution is 5.90. The molecule has 0 radical (unpaired) electrons. The van der Waals surface area contributed by atoms with Gasteiger partial charge in [-0.05, 0) is 49.2 Å². The highest BCUT2D eigenvalue weighted by atomic mass is 16.7. The van der Waals surface area contributed by atoms with Gasteiger partial charge in [0.2, 0.25) is 0 Å². The first-order chi connectivity index (χ1) is 19.5. The molecule has 2 aromatic carbocycles. The van der Waals surface area contributed by atoms with E-state index in [1.54, 1.807) is 24.3 Å². The minimum atomic E-state index is -0.963. The summed E-state index contributed by atoms with van der Waals surface area (Å²) in [7, 11) is 2.61. The van der Waals surface area contributed by atoms with E-state index in [4.69, 9.17) is 37.9 Å². The molecule has 6 atom stereocenters. The van der Waals surface area contributed by atoms with Gasteiger partial charge in [0.1, 0.15) is 11.5 Å². The average Bonchev–Trinajstić information content (AvgIpc) is 3.76. The number of ether oxygens (including phenoxy) is 8. The molecule has 0 aromatic heterocycles. The molecule has 0 N–H and O–H groups in total. The summed E-state index contributed by atoms with van der Waals surface area (Å²) >= 11 is 0. The lowest BCUT2D eigenvalue weighted by Crippen LogP contribution is -2.20. The molecular weight excluding hydrogens is 524 g/mol. The van der Waals surface area contributed by atoms with Crippen LogP contribution >= 0.6 is 0 Å². The largest absolute Gasteiger partial charge is 0.519 e. The fourth-order valence-electron chi connectivity index (χ4n) is 6.12. The summed E-state index contributed by atoms with van der Waals surface area (Å²) in [6, 6.07) is 9.49. The number of esters is 2. The molecule has 4 saturated heterocycles. The second-order valence-corrected chi connectivity index (χ2v) is 10.2. The van der Waals surface area contributed by atoms with Gasteiger partial charge in [0.05, 0.1) is 51.8 Å². The third-order valence-electron chi connectivity index (χ3n) is 8.13. The topological polar surface area (TPSA) is 125 Å². The van der Waals surface area contributed by atoms with Gasteiger partial charge in [-0.1, -0.05) is 0 Å². The Kier molecular flexibility index (Phi) is 7.45. The van der Waals surface area contributed by atoms with E-state index in [0.29, 0.717) is 48.7 Å². The number of rotatable bonds is 6. The van der Waals surface area contributed by atoms with Crippen LogP contribution in [0.15, 0.2) is 36.4 Å². The number of methoxy groups -OCH3 is 2. The zero-order valence-electron chi connectivity index (χ0n) is 22.2. The summed E-state index contributed by atoms with van der Waals surface area (Å²) in [5.74, 6) is -0.677. The van der Waals surface area contributed by atoms with Crippen LogP contribution in [-0.2, 0) is 28.4 Å². The van der Waals surface area contributed by atoms with Crippen LogP contribution in [0.5, 0.6) is 11.5 Å². The zero-order valence-corrected chi connectivity index (χ0v) is 22.2. The summed E-state index contributed by atoms with van der Waals surface area (Å²) in [5.41, 5.74) is 1.93. The molecule has 11 nitrogen and oxygen atoms in total. The van der Waals surface area contributed by atoms with Gasteiger partial charge in [0.25, 0.3) is 0 Å². The Balaban J connectivity index is 1.28. The Labute approximate surface area is 230 Å². The van der Waals surface area contributed by atoms with Gasteiger partial charge in [-0.3, -0.25) is 0 Å². The van der Waals surface area contributed by atoms with Gasteiger partial charge in [-0.15, -0.1) is 0 Å². The van der Waals surface area contributed by atoms with E-state index in [1.807, 2.05) is 0 Å². The van der Waals surface area contributed by atoms with Gasteiger partial charge in [-0.2, -0.15) is 0 Å². The lowest BCUT2D eigenvalue weighted by Gasteiger charge is -2.21. The van der Waals surface area contributed by atoms with Crippen molar-refractivity contribution < 1.29 is 52.3 Å². The van der Waals surface area contributed by atoms with Crippen LogP contribution in [0.25, 0.3) is 0 Å². The monoisotopic (exact) mass is 554 g/mol. The first kappa shape index (κ1) is 26.7. The molecule has 11 heteroatoms. The van der Waals surface area contributed by atoms with Gasteiger partial charge in [0, 0.05) is 34.8 Å². The standard InChI is InChI=1S/C29H30O11/c1-33-25(30)15-3-5-23(19(11-15)21-13-37-27-17(21)7-9-35-27)39-29(32)40-24-6-4-16(26(31)34-2)12-20(24)22-14-38-28-18(22)8-10-36-28/h3-6,11-12,17-18,21-22,27-28H,7-10,13-14H2,1-2H3/t17-,18-,21+,22+,27+,28+/m0/s1. The SMILES string of the molecule is COC(=O)c1ccc(OC(=O)Oc2ccc(C(=O)OC)cc2[C@@H]2CO[C@H]3OCC[C@H]32)c([C@@H]2CO[C@H]3OCC[C@H]32)c1. The molecular formula is C29H30O11. The van der Waals surface area contributed by atoms with Crippen LogP contribution in [0.2, 0.25) is 0 Å². The van der Waals surface area contributed by atoms with E-state index < -0.39 is 18.1 Å². The molecule has 0 bridgehead atoms. The maximum absolute atomic E-state index is 13.2. The van der Waals surface area contributed by atoms with Crippen LogP contribution in [0.1, 0.15) is 56.5 Å². The van der Waals surface area contributed by atoms with Crippen molar-refractivity contribution in [2.75, 3.05) is 40.6 Å². The minimum Gasteiger partial charge on any atom is -0.465 e. The Morgan fingerprint density at radius 3 is 1.55 bits per heavy atom. The summed E-state index contributed by atoms with van der Waals surface area (Å²) in [6.45, 7) is 1.86. The molecule has 0 saturated carbocycles. The smallest absolute Gasteiger partial charge is 0.465 e. The molecule has 40 heavy (non-hydrogen) atoms. The van der Waals surface area contributed by atoms with Gasteiger partial charge in [-0.25, -0.2) is 14.4 Å². The summed E-state index contributed by atoms with van der Waals surface area (Å²) in [4.78, 5) is 37.7. The molecule has 2 aromatic rings. The summed E-state index contributed by atoms with van der Waals surface area (Å²) in [5, 5.41) is 0. The predicted octanol–water partition coefficient (Wildman–Crippen LogP) is 3.79. The first-order valence-electron chi connectivity index (χ1n) is 13.3. The molecule has 6 rings (SSSR count). The van der Waals surface area contributed by atoms with Crippen molar-refractivity contribution >= 4 is 18.1 Å². The number of fused-ring (bicyclic) bond motifs is 2. The van der Waals surface area contributed by atoms with Crippen molar-refractivity contribution in [3.8, 4) is 11.5 Å². The Bertz CT molecular complexity index is 1210. The highest BCUT2D eigenvalue weighted by Gasteiger charge is 2.45. The van der Waals surface area contributed by atoms with Crippen LogP contribution in [0.4, 0.5) is 4.79 Å². The third kappa shape index (κ3) is 4.94. The highest BCUT2D eigenvalue weighted by Crippen LogP contribution is 2.46. The van der Waals surface area contributed by atoms with Crippen LogP contribution < -0.4 is 9.47 Å². The number of carbonyl (C=O) groups is 3. The van der Waals surface area contributed by atoms with Crippen molar-refractivity contribution in [2.45, 2.75) is 37.3 Å². The number of carbonyl (C=O) groups excluding carboxylic acids is 3. The first-order valence-corrected chi connectivity index (χ1v) is 13.3. The van der Waals surface area contributed by atoms with Crippen LogP contribution in [-0.4, -0.2) is 71.3 Å². The maximum Gasteiger partial charge on any atom is 0.519 e. The van der Waals surface area contributed by atoms with Crippen LogP contribution in [0.3, 0.4) is 0 Å². The van der Waals surface area contributed by atoms with Crippen molar-refractivity contribution in [3.05, 3.63) is 58.7 Å². The van der Waals surface area contributed by atoms with Crippen molar-refractivity contribution in [2.24, 2.45) is 11.8 Å². The second-order valence-electron chi connectivity index (χ2n) is 10.2. The number of hydrogen-bond acceptors (Lipinski definition) is 11. The minimum absolute atomic E-state index is 0.0627. The quantitative estimate of drug-likeness (QED) is 0.382. The van der Waals surface area contributed by atoms with E-state index >= 15 is 0 Å². The maximum atomic E-state index is 13.2. The van der Waals surface area contributed by atoms with E-state index in [2.05, 4.69) is 0 Å². The molecule has 4 fully saturated rings. The fourth-order valence-corrected chi connectivity index (χ4v) is 6.12.